The van der Waals surface area contributed by atoms with Gasteiger partial charge in [0.15, 0.2) is 0 Å². The monoisotopic (exact) mass is 127 g/mol. The number of allylic oxidation sites excluding steroid dienone is 1. The summed E-state index contributed by atoms with van der Waals surface area (Å²) < 4.78 is 4.45. The smallest absolute Gasteiger partial charge is 0.418 e. The molecule has 1 radical (unpaired) electrons. The van der Waals surface area contributed by atoms with Gasteiger partial charge < -0.3 is 4.74 Å². The summed E-state index contributed by atoms with van der Waals surface area (Å²) in [7, 11) is 0. The molecule has 0 aliphatic carbocycles. The lowest BCUT2D eigenvalue weighted by Gasteiger charge is -1.99. The average Bonchev–Trinajstić information content (AvgIpc) is 1.85. The number of rotatable bonds is 4. The van der Waals surface area contributed by atoms with Gasteiger partial charge in [0.25, 0.3) is 0 Å². The van der Waals surface area contributed by atoms with E-state index in [1.54, 1.807) is 6.92 Å². The van der Waals surface area contributed by atoms with E-state index in [0.29, 0.717) is 0 Å². The minimum atomic E-state index is -0.137. The van der Waals surface area contributed by atoms with Crippen LogP contribution in [0.5, 0.6) is 0 Å². The molecule has 0 saturated heterocycles. The lowest BCUT2D eigenvalue weighted by atomic mass is 10.3. The third-order valence-corrected chi connectivity index (χ3v) is 0.877. The van der Waals surface area contributed by atoms with Gasteiger partial charge in [0.2, 0.25) is 0 Å². The second-order valence-corrected chi connectivity index (χ2v) is 1.74. The molecule has 0 aliphatic heterocycles. The molecule has 1 atom stereocenters. The predicted octanol–water partition coefficient (Wildman–Crippen LogP) is 1.42. The van der Waals surface area contributed by atoms with E-state index in [2.05, 4.69) is 4.74 Å². The highest BCUT2D eigenvalue weighted by molar-refractivity contribution is 5.39. The Balaban J connectivity index is 3.35. The first-order valence-corrected chi connectivity index (χ1v) is 3.00. The summed E-state index contributed by atoms with van der Waals surface area (Å²) in [5.41, 5.74) is 0. The lowest BCUT2D eigenvalue weighted by Crippen LogP contribution is -2.01. The molecular weight excluding hydrogens is 116 g/mol. The van der Waals surface area contributed by atoms with Crippen molar-refractivity contribution < 1.29 is 9.53 Å². The Morgan fingerprint density at radius 3 is 2.89 bits per heavy atom. The van der Waals surface area contributed by atoms with E-state index < -0.39 is 0 Å². The zero-order valence-electron chi connectivity index (χ0n) is 5.76. The molecule has 0 aromatic heterocycles. The van der Waals surface area contributed by atoms with Gasteiger partial charge in [0, 0.05) is 0 Å². The topological polar surface area (TPSA) is 26.3 Å². The van der Waals surface area contributed by atoms with Crippen LogP contribution in [0.3, 0.4) is 0 Å². The molecule has 0 bridgehead atoms. The van der Waals surface area contributed by atoms with E-state index in [0.717, 1.165) is 6.42 Å². The molecule has 0 saturated carbocycles. The van der Waals surface area contributed by atoms with Gasteiger partial charge in [-0.25, -0.2) is 4.79 Å². The summed E-state index contributed by atoms with van der Waals surface area (Å²) in [4.78, 5) is 9.60. The van der Waals surface area contributed by atoms with Gasteiger partial charge in [0.05, 0.1) is 0 Å². The quantitative estimate of drug-likeness (QED) is 0.534. The molecule has 0 rings (SSSR count). The van der Waals surface area contributed by atoms with Crippen molar-refractivity contribution in [3.63, 3.8) is 0 Å². The van der Waals surface area contributed by atoms with E-state index in [9.17, 15) is 4.79 Å². The van der Waals surface area contributed by atoms with Crippen molar-refractivity contribution in [2.24, 2.45) is 0 Å². The van der Waals surface area contributed by atoms with Crippen LogP contribution in [0.15, 0.2) is 12.2 Å². The summed E-state index contributed by atoms with van der Waals surface area (Å²) in [5, 5.41) is 0. The largest absolute Gasteiger partial charge is 0.450 e. The normalized spacial score (nSPS) is 13.6. The van der Waals surface area contributed by atoms with E-state index in [1.807, 2.05) is 19.1 Å². The number of ether oxygens (including phenoxy) is 1. The van der Waals surface area contributed by atoms with E-state index >= 15 is 0 Å². The van der Waals surface area contributed by atoms with Gasteiger partial charge >= 0.3 is 6.47 Å². The van der Waals surface area contributed by atoms with Crippen LogP contribution in [0.2, 0.25) is 0 Å². The van der Waals surface area contributed by atoms with Gasteiger partial charge in [-0.2, -0.15) is 0 Å². The Bertz CT molecular complexity index is 97.1. The summed E-state index contributed by atoms with van der Waals surface area (Å²) in [6.07, 6.45) is 4.60. The highest BCUT2D eigenvalue weighted by Gasteiger charge is 1.91. The van der Waals surface area contributed by atoms with Crippen LogP contribution >= 0.6 is 0 Å². The molecular formula is C7H11O2. The summed E-state index contributed by atoms with van der Waals surface area (Å²) in [6, 6.07) is 0. The molecule has 51 valence electrons. The third kappa shape index (κ3) is 5.07. The van der Waals surface area contributed by atoms with Gasteiger partial charge in [-0.3, -0.25) is 0 Å². The van der Waals surface area contributed by atoms with Crippen molar-refractivity contribution >= 4 is 6.47 Å². The Morgan fingerprint density at radius 2 is 2.44 bits per heavy atom. The fourth-order valence-corrected chi connectivity index (χ4v) is 0.443. The van der Waals surface area contributed by atoms with Gasteiger partial charge in [-0.15, -0.1) is 0 Å². The van der Waals surface area contributed by atoms with Crippen LogP contribution in [-0.4, -0.2) is 12.6 Å². The van der Waals surface area contributed by atoms with Crippen LogP contribution in [0.25, 0.3) is 0 Å². The maximum Gasteiger partial charge on any atom is 0.418 e. The molecule has 0 N–H and O–H groups in total. The molecule has 1 unspecified atom stereocenters. The average molecular weight is 127 g/mol. The number of hydrogen-bond acceptors (Lipinski definition) is 2. The minimum absolute atomic E-state index is 0.137. The van der Waals surface area contributed by atoms with Gasteiger partial charge in [0.1, 0.15) is 6.10 Å². The van der Waals surface area contributed by atoms with Crippen LogP contribution < -0.4 is 0 Å². The Labute approximate surface area is 55.5 Å². The maximum absolute atomic E-state index is 9.60. The fourth-order valence-electron chi connectivity index (χ4n) is 0.443. The predicted molar refractivity (Wildman–Crippen MR) is 35.7 cm³/mol. The first kappa shape index (κ1) is 8.21. The molecule has 0 spiro atoms. The zero-order valence-corrected chi connectivity index (χ0v) is 5.76. The molecule has 0 aromatic carbocycles. The van der Waals surface area contributed by atoms with Crippen molar-refractivity contribution in [2.75, 3.05) is 0 Å². The summed E-state index contributed by atoms with van der Waals surface area (Å²) in [5.74, 6) is 0. The van der Waals surface area contributed by atoms with Crippen LogP contribution in [0.1, 0.15) is 20.3 Å². The van der Waals surface area contributed by atoms with E-state index in [1.165, 1.54) is 6.47 Å². The van der Waals surface area contributed by atoms with Crippen molar-refractivity contribution in [1.29, 1.82) is 0 Å². The second-order valence-electron chi connectivity index (χ2n) is 1.74. The number of hydrogen-bond donors (Lipinski definition) is 0. The minimum Gasteiger partial charge on any atom is -0.450 e. The molecule has 2 heteroatoms. The van der Waals surface area contributed by atoms with E-state index in [4.69, 9.17) is 0 Å². The zero-order chi connectivity index (χ0) is 7.11. The van der Waals surface area contributed by atoms with Crippen molar-refractivity contribution in [3.8, 4) is 0 Å². The summed E-state index contributed by atoms with van der Waals surface area (Å²) >= 11 is 0. The Kier molecular flexibility index (Phi) is 4.88. The van der Waals surface area contributed by atoms with Crippen LogP contribution in [0.4, 0.5) is 0 Å². The Hall–Kier alpha value is -0.790. The maximum atomic E-state index is 9.60. The van der Waals surface area contributed by atoms with Gasteiger partial charge in [-0.05, 0) is 19.4 Å². The Morgan fingerprint density at radius 1 is 1.78 bits per heavy atom. The van der Waals surface area contributed by atoms with Gasteiger partial charge in [-0.1, -0.05) is 13.0 Å². The van der Waals surface area contributed by atoms with Crippen molar-refractivity contribution in [3.05, 3.63) is 12.2 Å². The standard InChI is InChI=1S/C7H11O2/c1-3-4-5-7(2)9-6-8/h4-5,7H,3H2,1-2H3. The van der Waals surface area contributed by atoms with Crippen LogP contribution in [0, 0.1) is 0 Å². The molecule has 0 heterocycles. The first-order valence-electron chi connectivity index (χ1n) is 3.00. The SMILES string of the molecule is CCC=CC(C)O[C]=O. The molecule has 0 fully saturated rings. The van der Waals surface area contributed by atoms with Crippen molar-refractivity contribution in [2.45, 2.75) is 26.4 Å². The highest BCUT2D eigenvalue weighted by atomic mass is 16.5. The number of carbonyl (C=O) groups excluding carboxylic acids is 1. The molecule has 0 amide bonds. The molecule has 2 nitrogen and oxygen atoms in total. The highest BCUT2D eigenvalue weighted by Crippen LogP contribution is 1.90. The molecule has 0 aromatic rings. The third-order valence-electron chi connectivity index (χ3n) is 0.877. The molecule has 0 aliphatic rings. The summed E-state index contributed by atoms with van der Waals surface area (Å²) in [6.45, 7) is 5.19. The first-order chi connectivity index (χ1) is 4.31. The van der Waals surface area contributed by atoms with Crippen LogP contribution in [-0.2, 0) is 9.53 Å². The second kappa shape index (κ2) is 5.35. The lowest BCUT2D eigenvalue weighted by molar-refractivity contribution is 0.236. The van der Waals surface area contributed by atoms with E-state index in [-0.39, 0.29) is 6.10 Å². The van der Waals surface area contributed by atoms with Crippen molar-refractivity contribution in [1.82, 2.24) is 0 Å². The fraction of sp³-hybridized carbons (Fsp3) is 0.571. The molecule has 9 heavy (non-hydrogen) atoms.